The fourth-order valence-electron chi connectivity index (χ4n) is 3.62. The summed E-state index contributed by atoms with van der Waals surface area (Å²) in [6.45, 7) is 2.82. The summed E-state index contributed by atoms with van der Waals surface area (Å²) in [6.07, 6.45) is 6.09. The Morgan fingerprint density at radius 3 is 2.83 bits per heavy atom. The number of carbonyl (C=O) groups excluding carboxylic acids is 2. The molecule has 2 amide bonds. The highest BCUT2D eigenvalue weighted by molar-refractivity contribution is 5.85. The molecule has 1 N–H and O–H groups in total. The number of hydrogen-bond donors (Lipinski definition) is 1. The van der Waals surface area contributed by atoms with Crippen LogP contribution in [0.15, 0.2) is 0 Å². The van der Waals surface area contributed by atoms with Crippen LogP contribution in [-0.2, 0) is 14.3 Å². The highest BCUT2D eigenvalue weighted by Gasteiger charge is 2.37. The molecular formula is C17H30N2O4. The summed E-state index contributed by atoms with van der Waals surface area (Å²) in [5.41, 5.74) is -0.257. The molecule has 6 nitrogen and oxygen atoms in total. The fraction of sp³-hybridized carbons (Fsp3) is 0.882. The molecule has 2 saturated heterocycles. The van der Waals surface area contributed by atoms with Gasteiger partial charge in [-0.2, -0.15) is 0 Å². The van der Waals surface area contributed by atoms with E-state index in [0.29, 0.717) is 26.1 Å². The zero-order valence-electron chi connectivity index (χ0n) is 14.3. The van der Waals surface area contributed by atoms with Crippen molar-refractivity contribution in [1.29, 1.82) is 0 Å². The highest BCUT2D eigenvalue weighted by atomic mass is 16.5. The van der Waals surface area contributed by atoms with Gasteiger partial charge in [-0.25, -0.2) is 0 Å². The molecule has 0 aromatic carbocycles. The van der Waals surface area contributed by atoms with E-state index in [4.69, 9.17) is 4.74 Å². The van der Waals surface area contributed by atoms with Gasteiger partial charge < -0.3 is 19.6 Å². The van der Waals surface area contributed by atoms with Crippen LogP contribution in [0.5, 0.6) is 0 Å². The molecule has 0 bridgehead atoms. The van der Waals surface area contributed by atoms with Crippen molar-refractivity contribution in [2.75, 3.05) is 46.5 Å². The van der Waals surface area contributed by atoms with E-state index in [-0.39, 0.29) is 30.4 Å². The smallest absolute Gasteiger partial charge is 0.242 e. The van der Waals surface area contributed by atoms with E-state index in [1.165, 1.54) is 0 Å². The lowest BCUT2D eigenvalue weighted by Crippen LogP contribution is -2.51. The molecule has 2 fully saturated rings. The number of likely N-dealkylation sites (tertiary alicyclic amines) is 2. The van der Waals surface area contributed by atoms with Crippen LogP contribution in [0.1, 0.15) is 44.9 Å². The second-order valence-corrected chi connectivity index (χ2v) is 6.95. The number of nitrogens with zero attached hydrogens (tertiary/aromatic N) is 2. The van der Waals surface area contributed by atoms with Gasteiger partial charge in [-0.15, -0.1) is 0 Å². The first-order valence-electron chi connectivity index (χ1n) is 8.75. The monoisotopic (exact) mass is 326 g/mol. The van der Waals surface area contributed by atoms with Crippen molar-refractivity contribution < 1.29 is 19.4 Å². The predicted molar refractivity (Wildman–Crippen MR) is 86.9 cm³/mol. The van der Waals surface area contributed by atoms with Gasteiger partial charge in [-0.05, 0) is 32.1 Å². The van der Waals surface area contributed by atoms with Crippen LogP contribution < -0.4 is 0 Å². The lowest BCUT2D eigenvalue weighted by atomic mass is 9.78. The topological polar surface area (TPSA) is 70.1 Å². The van der Waals surface area contributed by atoms with Crippen molar-refractivity contribution in [3.05, 3.63) is 0 Å². The van der Waals surface area contributed by atoms with Gasteiger partial charge in [-0.1, -0.05) is 6.42 Å². The molecule has 0 aromatic rings. The molecule has 1 unspecified atom stereocenters. The average molecular weight is 326 g/mol. The summed E-state index contributed by atoms with van der Waals surface area (Å²) in [4.78, 5) is 28.2. The Labute approximate surface area is 138 Å². The number of carbonyl (C=O) groups is 2. The van der Waals surface area contributed by atoms with Crippen molar-refractivity contribution in [3.63, 3.8) is 0 Å². The number of aliphatic hydroxyl groups is 1. The zero-order valence-corrected chi connectivity index (χ0v) is 14.3. The van der Waals surface area contributed by atoms with E-state index in [0.717, 1.165) is 45.1 Å². The first-order chi connectivity index (χ1) is 11.1. The largest absolute Gasteiger partial charge is 0.396 e. The predicted octanol–water partition coefficient (Wildman–Crippen LogP) is 1.03. The molecule has 0 saturated carbocycles. The lowest BCUT2D eigenvalue weighted by molar-refractivity contribution is -0.143. The maximum atomic E-state index is 12.6. The van der Waals surface area contributed by atoms with E-state index in [1.54, 1.807) is 12.0 Å². The van der Waals surface area contributed by atoms with Crippen LogP contribution in [0.2, 0.25) is 0 Å². The Bertz CT molecular complexity index is 415. The highest BCUT2D eigenvalue weighted by Crippen LogP contribution is 2.33. The lowest BCUT2D eigenvalue weighted by Gasteiger charge is -2.42. The van der Waals surface area contributed by atoms with Crippen LogP contribution in [0, 0.1) is 5.41 Å². The molecule has 132 valence electrons. The van der Waals surface area contributed by atoms with Gasteiger partial charge in [-0.3, -0.25) is 9.59 Å². The first kappa shape index (κ1) is 18.2. The molecule has 0 aliphatic carbocycles. The maximum Gasteiger partial charge on any atom is 0.242 e. The number of methoxy groups -OCH3 is 1. The Hall–Kier alpha value is -1.14. The van der Waals surface area contributed by atoms with Crippen molar-refractivity contribution in [2.24, 2.45) is 5.41 Å². The van der Waals surface area contributed by atoms with Crippen molar-refractivity contribution in [1.82, 2.24) is 9.80 Å². The third kappa shape index (κ3) is 4.91. The number of amides is 2. The van der Waals surface area contributed by atoms with E-state index in [2.05, 4.69) is 0 Å². The molecule has 2 rings (SSSR count). The SMILES string of the molecule is COCCC1(CO)CCCN(C(=O)CN2CCCCCC2=O)C1. The van der Waals surface area contributed by atoms with Gasteiger partial charge in [0, 0.05) is 45.2 Å². The Kier molecular flexibility index (Phi) is 6.84. The molecule has 2 aliphatic heterocycles. The molecule has 1 atom stereocenters. The van der Waals surface area contributed by atoms with Crippen molar-refractivity contribution >= 4 is 11.8 Å². The Morgan fingerprint density at radius 1 is 1.26 bits per heavy atom. The molecule has 2 heterocycles. The van der Waals surface area contributed by atoms with Crippen LogP contribution in [-0.4, -0.2) is 73.2 Å². The molecule has 0 aromatic heterocycles. The van der Waals surface area contributed by atoms with E-state index in [1.807, 2.05) is 4.90 Å². The number of piperidine rings is 1. The number of rotatable bonds is 6. The van der Waals surface area contributed by atoms with Gasteiger partial charge in [0.05, 0.1) is 13.2 Å². The standard InChI is InChI=1S/C17H30N2O4/c1-23-11-8-17(14-20)7-5-10-19(13-17)16(22)12-18-9-4-2-3-6-15(18)21/h20H,2-14H2,1H3. The van der Waals surface area contributed by atoms with E-state index >= 15 is 0 Å². The minimum atomic E-state index is -0.257. The molecule has 6 heteroatoms. The summed E-state index contributed by atoms with van der Waals surface area (Å²) < 4.78 is 5.15. The second kappa shape index (κ2) is 8.64. The van der Waals surface area contributed by atoms with E-state index in [9.17, 15) is 14.7 Å². The van der Waals surface area contributed by atoms with Gasteiger partial charge in [0.25, 0.3) is 0 Å². The second-order valence-electron chi connectivity index (χ2n) is 6.95. The summed E-state index contributed by atoms with van der Waals surface area (Å²) in [7, 11) is 1.65. The third-order valence-corrected chi connectivity index (χ3v) is 5.18. The van der Waals surface area contributed by atoms with Crippen LogP contribution in [0.25, 0.3) is 0 Å². The summed E-state index contributed by atoms with van der Waals surface area (Å²) in [5.74, 6) is 0.107. The third-order valence-electron chi connectivity index (χ3n) is 5.18. The minimum absolute atomic E-state index is 0.00944. The molecule has 23 heavy (non-hydrogen) atoms. The minimum Gasteiger partial charge on any atom is -0.396 e. The van der Waals surface area contributed by atoms with Crippen molar-refractivity contribution in [3.8, 4) is 0 Å². The normalized spacial score (nSPS) is 26.3. The van der Waals surface area contributed by atoms with Crippen LogP contribution in [0.3, 0.4) is 0 Å². The molecule has 0 radical (unpaired) electrons. The van der Waals surface area contributed by atoms with Gasteiger partial charge in [0.1, 0.15) is 0 Å². The maximum absolute atomic E-state index is 12.6. The van der Waals surface area contributed by atoms with Gasteiger partial charge in [0.15, 0.2) is 0 Å². The number of hydrogen-bond acceptors (Lipinski definition) is 4. The van der Waals surface area contributed by atoms with Gasteiger partial charge >= 0.3 is 0 Å². The zero-order chi connectivity index (χ0) is 16.7. The van der Waals surface area contributed by atoms with Crippen LogP contribution >= 0.6 is 0 Å². The Morgan fingerprint density at radius 2 is 2.09 bits per heavy atom. The first-order valence-corrected chi connectivity index (χ1v) is 8.75. The number of ether oxygens (including phenoxy) is 1. The quantitative estimate of drug-likeness (QED) is 0.791. The summed E-state index contributed by atoms with van der Waals surface area (Å²) >= 11 is 0. The fourth-order valence-corrected chi connectivity index (χ4v) is 3.62. The van der Waals surface area contributed by atoms with Gasteiger partial charge in [0.2, 0.25) is 11.8 Å². The summed E-state index contributed by atoms with van der Waals surface area (Å²) in [5, 5.41) is 9.81. The molecule has 2 aliphatic rings. The van der Waals surface area contributed by atoms with E-state index < -0.39 is 0 Å². The van der Waals surface area contributed by atoms with Crippen LogP contribution in [0.4, 0.5) is 0 Å². The summed E-state index contributed by atoms with van der Waals surface area (Å²) in [6, 6.07) is 0. The Balaban J connectivity index is 1.94. The van der Waals surface area contributed by atoms with Crippen molar-refractivity contribution in [2.45, 2.75) is 44.9 Å². The number of aliphatic hydroxyl groups excluding tert-OH is 1. The molecular weight excluding hydrogens is 296 g/mol. The average Bonchev–Trinajstić information content (AvgIpc) is 2.78. The molecule has 0 spiro atoms.